The van der Waals surface area contributed by atoms with Gasteiger partial charge < -0.3 is 30.7 Å². The van der Waals surface area contributed by atoms with E-state index >= 15 is 0 Å². The van der Waals surface area contributed by atoms with Crippen molar-refractivity contribution in [2.75, 3.05) is 43.9 Å². The molecule has 2 atom stereocenters. The monoisotopic (exact) mass is 833 g/mol. The standard InChI is InChI=1S/C42H46F3N7O6S/c1-58-32-20-30-33(21-29(32)48-37(54)28-6-3-7-34(47-28)42(43,44)45)59-39(49-30)25-10-8-24(9-11-25)22-51-18-15-23(16-19-51)14-17-46-27-5-2-4-26-36(27)41(57)52(40(26)56)31-12-13-35(53)50-38(31)55/h2-7,20-21,23-25,31,35,46,53H,8-19,22H2,1H3,(H,48,54)(H,50,55). The largest absolute Gasteiger partial charge is 0.494 e. The van der Waals surface area contributed by atoms with Crippen LogP contribution < -0.4 is 20.7 Å². The first-order valence-electron chi connectivity index (χ1n) is 20.2. The number of thiazole rings is 1. The number of nitrogens with zero attached hydrogens (tertiary/aromatic N) is 4. The predicted octanol–water partition coefficient (Wildman–Crippen LogP) is 6.65. The van der Waals surface area contributed by atoms with Gasteiger partial charge in [0, 0.05) is 30.8 Å². The third kappa shape index (κ3) is 8.64. The zero-order valence-electron chi connectivity index (χ0n) is 32.5. The molecular weight excluding hydrogens is 788 g/mol. The Morgan fingerprint density at radius 2 is 1.69 bits per heavy atom. The number of rotatable bonds is 11. The van der Waals surface area contributed by atoms with Crippen molar-refractivity contribution in [3.63, 3.8) is 0 Å². The number of amides is 4. The lowest BCUT2D eigenvalue weighted by molar-refractivity contribution is -0.141. The first-order valence-corrected chi connectivity index (χ1v) is 21.0. The first kappa shape index (κ1) is 40.6. The smallest absolute Gasteiger partial charge is 0.433 e. The number of ether oxygens (including phenoxy) is 1. The number of likely N-dealkylation sites (tertiary alicyclic amines) is 1. The van der Waals surface area contributed by atoms with Crippen LogP contribution in [-0.2, 0) is 11.0 Å². The number of fused-ring (bicyclic) bond motifs is 2. The lowest BCUT2D eigenvalue weighted by Crippen LogP contribution is -2.55. The Labute approximate surface area is 342 Å². The summed E-state index contributed by atoms with van der Waals surface area (Å²) in [5, 5.41) is 19.3. The Bertz CT molecular complexity index is 2250. The molecule has 4 amide bonds. The maximum Gasteiger partial charge on any atom is 0.433 e. The predicted molar refractivity (Wildman–Crippen MR) is 214 cm³/mol. The van der Waals surface area contributed by atoms with Gasteiger partial charge >= 0.3 is 6.18 Å². The summed E-state index contributed by atoms with van der Waals surface area (Å²) in [5.74, 6) is -0.434. The topological polar surface area (TPSA) is 166 Å². The van der Waals surface area contributed by atoms with Crippen molar-refractivity contribution < 1.29 is 42.2 Å². The lowest BCUT2D eigenvalue weighted by atomic mass is 9.81. The quantitative estimate of drug-likeness (QED) is 0.120. The summed E-state index contributed by atoms with van der Waals surface area (Å²) in [6, 6.07) is 10.9. The Kier molecular flexibility index (Phi) is 11.6. The maximum absolute atomic E-state index is 13.4. The van der Waals surface area contributed by atoms with Gasteiger partial charge in [-0.1, -0.05) is 12.1 Å². The maximum atomic E-state index is 13.4. The van der Waals surface area contributed by atoms with Crippen LogP contribution in [0.2, 0.25) is 0 Å². The van der Waals surface area contributed by atoms with E-state index in [1.165, 1.54) is 13.2 Å². The van der Waals surface area contributed by atoms with Gasteiger partial charge in [-0.25, -0.2) is 9.97 Å². The summed E-state index contributed by atoms with van der Waals surface area (Å²) in [6.07, 6.45) is 2.23. The number of aromatic nitrogens is 2. The Hall–Kier alpha value is -5.13. The van der Waals surface area contributed by atoms with Gasteiger partial charge in [0.15, 0.2) is 0 Å². The number of carbonyl (C=O) groups excluding carboxylic acids is 4. The van der Waals surface area contributed by atoms with Crippen LogP contribution in [0.1, 0.15) is 106 Å². The SMILES string of the molecule is COc1cc2nc(C3CCC(CN4CCC(CCNc5cccc6c5C(=O)N(C5CCC(O)NC5=O)C6=O)CC4)CC3)sc2cc1NC(=O)c1cccc(C(F)(F)F)n1. The van der Waals surface area contributed by atoms with E-state index in [1.54, 1.807) is 41.7 Å². The third-order valence-corrected chi connectivity index (χ3v) is 13.3. The fraction of sp³-hybridized carbons (Fsp3) is 0.476. The highest BCUT2D eigenvalue weighted by Crippen LogP contribution is 2.42. The van der Waals surface area contributed by atoms with Crippen LogP contribution in [0.5, 0.6) is 5.75 Å². The third-order valence-electron chi connectivity index (χ3n) is 12.1. The second-order valence-electron chi connectivity index (χ2n) is 15.9. The molecule has 1 saturated carbocycles. The number of alkyl halides is 3. The van der Waals surface area contributed by atoms with Crippen LogP contribution >= 0.6 is 11.3 Å². The van der Waals surface area contributed by atoms with Gasteiger partial charge in [0.05, 0.1) is 39.1 Å². The number of halogens is 3. The van der Waals surface area contributed by atoms with Gasteiger partial charge in [0.25, 0.3) is 17.7 Å². The Morgan fingerprint density at radius 3 is 2.42 bits per heavy atom. The molecular formula is C42H46F3N7O6S. The molecule has 1 aliphatic carbocycles. The molecule has 0 radical (unpaired) electrons. The van der Waals surface area contributed by atoms with Crippen molar-refractivity contribution in [1.82, 2.24) is 25.1 Å². The van der Waals surface area contributed by atoms with Gasteiger partial charge in [0.1, 0.15) is 29.4 Å². The van der Waals surface area contributed by atoms with E-state index in [-0.39, 0.29) is 18.5 Å². The van der Waals surface area contributed by atoms with Crippen LogP contribution in [0.4, 0.5) is 24.5 Å². The van der Waals surface area contributed by atoms with E-state index in [0.29, 0.717) is 52.5 Å². The molecule has 17 heteroatoms. The average Bonchev–Trinajstić information content (AvgIpc) is 3.75. The Balaban J connectivity index is 0.792. The number of nitrogens with one attached hydrogen (secondary N) is 3. The number of aliphatic hydroxyl groups is 1. The number of anilines is 2. The Morgan fingerprint density at radius 1 is 0.932 bits per heavy atom. The van der Waals surface area contributed by atoms with Gasteiger partial charge in [-0.15, -0.1) is 11.3 Å². The zero-order valence-corrected chi connectivity index (χ0v) is 33.3. The van der Waals surface area contributed by atoms with Gasteiger partial charge in [-0.2, -0.15) is 13.2 Å². The number of benzene rings is 2. The molecule has 2 unspecified atom stereocenters. The normalized spacial score (nSPS) is 23.0. The van der Waals surface area contributed by atoms with Gasteiger partial charge in [-0.05, 0) is 113 Å². The summed E-state index contributed by atoms with van der Waals surface area (Å²) in [5.41, 5.74) is 0.778. The summed E-state index contributed by atoms with van der Waals surface area (Å²) in [6.45, 7) is 3.80. The number of piperidine rings is 2. The van der Waals surface area contributed by atoms with E-state index in [9.17, 15) is 37.5 Å². The van der Waals surface area contributed by atoms with Crippen molar-refractivity contribution in [3.05, 3.63) is 76.1 Å². The highest BCUT2D eigenvalue weighted by Gasteiger charge is 2.45. The molecule has 5 heterocycles. The molecule has 3 fully saturated rings. The van der Waals surface area contributed by atoms with Crippen LogP contribution in [0, 0.1) is 11.8 Å². The molecule has 59 heavy (non-hydrogen) atoms. The molecule has 4 aromatic rings. The van der Waals surface area contributed by atoms with Crippen molar-refractivity contribution in [2.24, 2.45) is 11.8 Å². The van der Waals surface area contributed by atoms with Crippen molar-refractivity contribution in [2.45, 2.75) is 82.2 Å². The fourth-order valence-corrected chi connectivity index (χ4v) is 10.1. The molecule has 4 N–H and O–H groups in total. The second kappa shape index (κ2) is 16.9. The van der Waals surface area contributed by atoms with Gasteiger partial charge in [0.2, 0.25) is 5.91 Å². The minimum Gasteiger partial charge on any atom is -0.494 e. The highest BCUT2D eigenvalue weighted by atomic mass is 32.1. The van der Waals surface area contributed by atoms with Crippen LogP contribution in [-0.4, -0.2) is 94.1 Å². The summed E-state index contributed by atoms with van der Waals surface area (Å²) < 4.78 is 45.9. The fourth-order valence-electron chi connectivity index (χ4n) is 8.90. The van der Waals surface area contributed by atoms with Crippen LogP contribution in [0.15, 0.2) is 48.5 Å². The molecule has 4 aliphatic rings. The molecule has 2 saturated heterocycles. The first-order chi connectivity index (χ1) is 28.4. The van der Waals surface area contributed by atoms with Crippen molar-refractivity contribution >= 4 is 56.6 Å². The minimum atomic E-state index is -4.67. The number of hydrogen-bond acceptors (Lipinski definition) is 11. The summed E-state index contributed by atoms with van der Waals surface area (Å²) >= 11 is 1.57. The molecule has 8 rings (SSSR count). The molecule has 2 aromatic carbocycles. The van der Waals surface area contributed by atoms with Crippen LogP contribution in [0.3, 0.4) is 0 Å². The molecule has 0 spiro atoms. The number of hydrogen-bond donors (Lipinski definition) is 4. The summed E-state index contributed by atoms with van der Waals surface area (Å²) in [7, 11) is 1.46. The number of pyridine rings is 1. The lowest BCUT2D eigenvalue weighted by Gasteiger charge is -2.36. The van der Waals surface area contributed by atoms with E-state index in [0.717, 1.165) is 96.8 Å². The van der Waals surface area contributed by atoms with E-state index in [4.69, 9.17) is 9.72 Å². The number of aliphatic hydroxyl groups excluding tert-OH is 1. The molecule has 312 valence electrons. The molecule has 0 bridgehead atoms. The second-order valence-corrected chi connectivity index (χ2v) is 17.0. The summed E-state index contributed by atoms with van der Waals surface area (Å²) in [4.78, 5) is 64.1. The number of methoxy groups -OCH3 is 1. The van der Waals surface area contributed by atoms with E-state index < -0.39 is 47.8 Å². The van der Waals surface area contributed by atoms with Crippen molar-refractivity contribution in [3.8, 4) is 5.75 Å². The molecule has 3 aliphatic heterocycles. The minimum absolute atomic E-state index is 0.216. The van der Waals surface area contributed by atoms with Crippen LogP contribution in [0.25, 0.3) is 10.2 Å². The molecule has 2 aromatic heterocycles. The number of carbonyl (C=O) groups is 4. The van der Waals surface area contributed by atoms with E-state index in [1.807, 2.05) is 0 Å². The van der Waals surface area contributed by atoms with E-state index in [2.05, 4.69) is 25.8 Å². The highest BCUT2D eigenvalue weighted by molar-refractivity contribution is 7.18. The van der Waals surface area contributed by atoms with Crippen molar-refractivity contribution in [1.29, 1.82) is 0 Å². The zero-order chi connectivity index (χ0) is 41.4. The average molecular weight is 834 g/mol. The number of imide groups is 1. The van der Waals surface area contributed by atoms with Gasteiger partial charge in [-0.3, -0.25) is 24.1 Å². The molecule has 13 nitrogen and oxygen atoms in total.